The summed E-state index contributed by atoms with van der Waals surface area (Å²) in [6, 6.07) is 1.10. The number of phenols is 2. The van der Waals surface area contributed by atoms with Gasteiger partial charge in [0.1, 0.15) is 0 Å². The van der Waals surface area contributed by atoms with Crippen LogP contribution >= 0.6 is 0 Å². The summed E-state index contributed by atoms with van der Waals surface area (Å²) in [6.07, 6.45) is -0.472. The van der Waals surface area contributed by atoms with Crippen LogP contribution in [0.1, 0.15) is 22.8 Å². The SMILES string of the molecule is COc1c(O)cc(CC(=O)O)c(C(C)=O)c1O. The summed E-state index contributed by atoms with van der Waals surface area (Å²) in [7, 11) is 1.22. The van der Waals surface area contributed by atoms with E-state index in [2.05, 4.69) is 0 Å². The van der Waals surface area contributed by atoms with Crippen molar-refractivity contribution in [2.45, 2.75) is 13.3 Å². The predicted octanol–water partition coefficient (Wildman–Crippen LogP) is 0.936. The Morgan fingerprint density at radius 1 is 1.35 bits per heavy atom. The fourth-order valence-electron chi connectivity index (χ4n) is 1.59. The number of benzene rings is 1. The van der Waals surface area contributed by atoms with Crippen LogP contribution in [0.3, 0.4) is 0 Å². The third-order valence-electron chi connectivity index (χ3n) is 2.21. The van der Waals surface area contributed by atoms with Crippen molar-refractivity contribution in [1.82, 2.24) is 0 Å². The molecule has 6 heteroatoms. The molecule has 0 aliphatic rings. The fraction of sp³-hybridized carbons (Fsp3) is 0.273. The van der Waals surface area contributed by atoms with Crippen LogP contribution in [0.15, 0.2) is 6.07 Å². The summed E-state index contributed by atoms with van der Waals surface area (Å²) in [4.78, 5) is 22.0. The van der Waals surface area contributed by atoms with Gasteiger partial charge in [-0.3, -0.25) is 9.59 Å². The number of carboxylic acids is 1. The highest BCUT2D eigenvalue weighted by molar-refractivity contribution is 6.00. The van der Waals surface area contributed by atoms with E-state index in [1.807, 2.05) is 0 Å². The molecular weight excluding hydrogens is 228 g/mol. The number of Topliss-reactive ketones (excluding diaryl/α,β-unsaturated/α-hetero) is 1. The van der Waals surface area contributed by atoms with Gasteiger partial charge in [0.05, 0.1) is 19.1 Å². The molecule has 0 aromatic heterocycles. The number of aliphatic carboxylic acids is 1. The molecule has 0 amide bonds. The number of rotatable bonds is 4. The van der Waals surface area contributed by atoms with Crippen molar-refractivity contribution >= 4 is 11.8 Å². The minimum absolute atomic E-state index is 0.0424. The Bertz CT molecular complexity index is 477. The lowest BCUT2D eigenvalue weighted by Crippen LogP contribution is -2.07. The Morgan fingerprint density at radius 2 is 1.94 bits per heavy atom. The van der Waals surface area contributed by atoms with Gasteiger partial charge in [-0.1, -0.05) is 0 Å². The number of ketones is 1. The Balaban J connectivity index is 3.49. The molecule has 1 aromatic rings. The highest BCUT2D eigenvalue weighted by Gasteiger charge is 2.22. The molecule has 0 heterocycles. The second-order valence-corrected chi connectivity index (χ2v) is 3.44. The summed E-state index contributed by atoms with van der Waals surface area (Å²) in [5, 5.41) is 27.9. The number of hydrogen-bond acceptors (Lipinski definition) is 5. The van der Waals surface area contributed by atoms with Crippen LogP contribution in [0.5, 0.6) is 17.2 Å². The minimum atomic E-state index is -1.17. The van der Waals surface area contributed by atoms with E-state index < -0.39 is 29.7 Å². The number of aromatic hydroxyl groups is 2. The van der Waals surface area contributed by atoms with Crippen molar-refractivity contribution < 1.29 is 29.6 Å². The first-order valence-electron chi connectivity index (χ1n) is 4.73. The predicted molar refractivity (Wildman–Crippen MR) is 57.7 cm³/mol. The van der Waals surface area contributed by atoms with Crippen molar-refractivity contribution in [3.8, 4) is 17.2 Å². The Kier molecular flexibility index (Phi) is 3.57. The van der Waals surface area contributed by atoms with E-state index in [0.717, 1.165) is 6.07 Å². The molecule has 0 saturated heterocycles. The van der Waals surface area contributed by atoms with Gasteiger partial charge in [-0.05, 0) is 18.6 Å². The zero-order valence-electron chi connectivity index (χ0n) is 9.35. The lowest BCUT2D eigenvalue weighted by atomic mass is 9.99. The topological polar surface area (TPSA) is 104 Å². The van der Waals surface area contributed by atoms with E-state index in [1.165, 1.54) is 14.0 Å². The van der Waals surface area contributed by atoms with Crippen LogP contribution in [0.25, 0.3) is 0 Å². The van der Waals surface area contributed by atoms with Crippen molar-refractivity contribution in [2.75, 3.05) is 7.11 Å². The minimum Gasteiger partial charge on any atom is -0.504 e. The summed E-state index contributed by atoms with van der Waals surface area (Å²) in [6.45, 7) is 1.19. The van der Waals surface area contributed by atoms with Gasteiger partial charge >= 0.3 is 5.97 Å². The molecule has 6 nitrogen and oxygen atoms in total. The molecule has 0 atom stereocenters. The van der Waals surface area contributed by atoms with Crippen LogP contribution in [0, 0.1) is 0 Å². The highest BCUT2D eigenvalue weighted by Crippen LogP contribution is 2.40. The van der Waals surface area contributed by atoms with Crippen LogP contribution in [-0.4, -0.2) is 34.2 Å². The second kappa shape index (κ2) is 4.73. The van der Waals surface area contributed by atoms with Gasteiger partial charge in [-0.25, -0.2) is 0 Å². The van der Waals surface area contributed by atoms with Gasteiger partial charge in [0, 0.05) is 0 Å². The van der Waals surface area contributed by atoms with Crippen LogP contribution in [0.2, 0.25) is 0 Å². The summed E-state index contributed by atoms with van der Waals surface area (Å²) >= 11 is 0. The zero-order chi connectivity index (χ0) is 13.2. The molecule has 0 fully saturated rings. The molecule has 1 rings (SSSR count). The maximum Gasteiger partial charge on any atom is 0.307 e. The van der Waals surface area contributed by atoms with Crippen molar-refractivity contribution in [1.29, 1.82) is 0 Å². The largest absolute Gasteiger partial charge is 0.504 e. The number of ether oxygens (including phenoxy) is 1. The molecule has 0 aliphatic heterocycles. The van der Waals surface area contributed by atoms with E-state index in [1.54, 1.807) is 0 Å². The molecule has 17 heavy (non-hydrogen) atoms. The van der Waals surface area contributed by atoms with Gasteiger partial charge in [0.2, 0.25) is 5.75 Å². The van der Waals surface area contributed by atoms with E-state index in [4.69, 9.17) is 9.84 Å². The first kappa shape index (κ1) is 12.8. The smallest absolute Gasteiger partial charge is 0.307 e. The molecule has 0 aliphatic carbocycles. The number of carbonyl (C=O) groups excluding carboxylic acids is 1. The first-order chi connectivity index (χ1) is 7.88. The number of carbonyl (C=O) groups is 2. The fourth-order valence-corrected chi connectivity index (χ4v) is 1.59. The Hall–Kier alpha value is -2.24. The van der Waals surface area contributed by atoms with Crippen LogP contribution in [-0.2, 0) is 11.2 Å². The van der Waals surface area contributed by atoms with Gasteiger partial charge in [-0.15, -0.1) is 0 Å². The van der Waals surface area contributed by atoms with Gasteiger partial charge in [0.15, 0.2) is 17.3 Å². The molecule has 0 bridgehead atoms. The normalized spacial score (nSPS) is 10.0. The zero-order valence-corrected chi connectivity index (χ0v) is 9.35. The second-order valence-electron chi connectivity index (χ2n) is 3.44. The van der Waals surface area contributed by atoms with E-state index in [0.29, 0.717) is 0 Å². The summed E-state index contributed by atoms with van der Waals surface area (Å²) in [5.41, 5.74) is -0.108. The standard InChI is InChI=1S/C11H12O6/c1-5(12)9-6(4-8(14)15)3-7(13)11(17-2)10(9)16/h3,13,16H,4H2,1-2H3,(H,14,15). The van der Waals surface area contributed by atoms with Crippen LogP contribution < -0.4 is 4.74 Å². The van der Waals surface area contributed by atoms with Gasteiger partial charge < -0.3 is 20.1 Å². The average Bonchev–Trinajstić information content (AvgIpc) is 2.15. The van der Waals surface area contributed by atoms with Gasteiger partial charge in [-0.2, -0.15) is 0 Å². The van der Waals surface area contributed by atoms with E-state index >= 15 is 0 Å². The lowest BCUT2D eigenvalue weighted by molar-refractivity contribution is -0.136. The quantitative estimate of drug-likeness (QED) is 0.676. The molecule has 1 aromatic carbocycles. The number of carboxylic acid groups (broad SMARTS) is 1. The molecule has 0 spiro atoms. The Morgan fingerprint density at radius 3 is 2.35 bits per heavy atom. The number of hydrogen-bond donors (Lipinski definition) is 3. The Labute approximate surface area is 97.1 Å². The maximum atomic E-state index is 11.4. The molecule has 3 N–H and O–H groups in total. The third-order valence-corrected chi connectivity index (χ3v) is 2.21. The third kappa shape index (κ3) is 2.47. The average molecular weight is 240 g/mol. The molecule has 0 unspecified atom stereocenters. The van der Waals surface area contributed by atoms with Crippen LogP contribution in [0.4, 0.5) is 0 Å². The molecule has 0 radical (unpaired) electrons. The van der Waals surface area contributed by atoms with Crippen molar-refractivity contribution in [2.24, 2.45) is 0 Å². The maximum absolute atomic E-state index is 11.4. The highest BCUT2D eigenvalue weighted by atomic mass is 16.5. The summed E-state index contributed by atoms with van der Waals surface area (Å²) < 4.78 is 4.73. The van der Waals surface area contributed by atoms with E-state index in [-0.39, 0.29) is 16.9 Å². The van der Waals surface area contributed by atoms with Gasteiger partial charge in [0.25, 0.3) is 0 Å². The first-order valence-corrected chi connectivity index (χ1v) is 4.73. The summed E-state index contributed by atoms with van der Waals surface area (Å²) in [5.74, 6) is -2.87. The molecule has 0 saturated carbocycles. The number of methoxy groups -OCH3 is 1. The molecular formula is C11H12O6. The lowest BCUT2D eigenvalue weighted by Gasteiger charge is -2.12. The van der Waals surface area contributed by atoms with Crippen molar-refractivity contribution in [3.63, 3.8) is 0 Å². The van der Waals surface area contributed by atoms with Crippen molar-refractivity contribution in [3.05, 3.63) is 17.2 Å². The van der Waals surface area contributed by atoms with E-state index in [9.17, 15) is 19.8 Å². The monoisotopic (exact) mass is 240 g/mol. The number of phenolic OH excluding ortho intramolecular Hbond substituents is 2. The molecule has 92 valence electrons.